The van der Waals surface area contributed by atoms with E-state index in [1.54, 1.807) is 12.4 Å². The monoisotopic (exact) mass is 198 g/mol. The van der Waals surface area contributed by atoms with E-state index in [4.69, 9.17) is 10.00 Å². The van der Waals surface area contributed by atoms with E-state index in [-0.39, 0.29) is 0 Å². The molecule has 0 saturated heterocycles. The Hall–Kier alpha value is -2.08. The van der Waals surface area contributed by atoms with Crippen molar-refractivity contribution in [1.82, 2.24) is 4.98 Å². The first-order chi connectivity index (χ1) is 7.42. The van der Waals surface area contributed by atoms with Crippen molar-refractivity contribution in [3.63, 3.8) is 0 Å². The van der Waals surface area contributed by atoms with Gasteiger partial charge in [0.15, 0.2) is 0 Å². The Bertz CT molecular complexity index is 497. The van der Waals surface area contributed by atoms with Gasteiger partial charge >= 0.3 is 0 Å². The van der Waals surface area contributed by atoms with Crippen LogP contribution in [0.1, 0.15) is 6.42 Å². The molecular formula is C12H10N2O. The van der Waals surface area contributed by atoms with E-state index in [0.717, 1.165) is 16.5 Å². The summed E-state index contributed by atoms with van der Waals surface area (Å²) < 4.78 is 5.51. The molecule has 1 heterocycles. The van der Waals surface area contributed by atoms with Gasteiger partial charge in [0.2, 0.25) is 0 Å². The van der Waals surface area contributed by atoms with Crippen molar-refractivity contribution in [3.05, 3.63) is 36.7 Å². The van der Waals surface area contributed by atoms with Crippen molar-refractivity contribution < 1.29 is 4.74 Å². The molecule has 0 aliphatic heterocycles. The molecule has 74 valence electrons. The minimum Gasteiger partial charge on any atom is -0.492 e. The van der Waals surface area contributed by atoms with E-state index in [0.29, 0.717) is 13.0 Å². The second-order valence-electron chi connectivity index (χ2n) is 3.11. The minimum atomic E-state index is 0.404. The molecular weight excluding hydrogens is 188 g/mol. The average Bonchev–Trinajstić information content (AvgIpc) is 2.30. The SMILES string of the molecule is N#CCCOc1cccc2cnccc12. The number of rotatable bonds is 3. The van der Waals surface area contributed by atoms with E-state index < -0.39 is 0 Å². The van der Waals surface area contributed by atoms with Gasteiger partial charge in [0.25, 0.3) is 0 Å². The highest BCUT2D eigenvalue weighted by molar-refractivity contribution is 5.87. The molecule has 0 aliphatic rings. The van der Waals surface area contributed by atoms with E-state index in [1.165, 1.54) is 0 Å². The Labute approximate surface area is 87.9 Å². The largest absolute Gasteiger partial charge is 0.492 e. The Balaban J connectivity index is 2.31. The number of benzene rings is 1. The van der Waals surface area contributed by atoms with Gasteiger partial charge in [-0.1, -0.05) is 12.1 Å². The predicted octanol–water partition coefficient (Wildman–Crippen LogP) is 2.53. The van der Waals surface area contributed by atoms with Crippen LogP contribution in [0.4, 0.5) is 0 Å². The van der Waals surface area contributed by atoms with E-state index in [9.17, 15) is 0 Å². The van der Waals surface area contributed by atoms with Crippen molar-refractivity contribution in [2.45, 2.75) is 6.42 Å². The van der Waals surface area contributed by atoms with Crippen LogP contribution >= 0.6 is 0 Å². The van der Waals surface area contributed by atoms with Gasteiger partial charge in [0.05, 0.1) is 12.5 Å². The highest BCUT2D eigenvalue weighted by Crippen LogP contribution is 2.24. The molecule has 0 spiro atoms. The quantitative estimate of drug-likeness (QED) is 0.712. The van der Waals surface area contributed by atoms with E-state index in [2.05, 4.69) is 4.98 Å². The van der Waals surface area contributed by atoms with Crippen molar-refractivity contribution in [3.8, 4) is 11.8 Å². The fraction of sp³-hybridized carbons (Fsp3) is 0.167. The van der Waals surface area contributed by atoms with Gasteiger partial charge in [-0.3, -0.25) is 4.98 Å². The normalized spacial score (nSPS) is 9.80. The molecule has 2 rings (SSSR count). The summed E-state index contributed by atoms with van der Waals surface area (Å²) in [6.07, 6.45) is 3.94. The Morgan fingerprint density at radius 1 is 1.33 bits per heavy atom. The topological polar surface area (TPSA) is 45.9 Å². The van der Waals surface area contributed by atoms with Gasteiger partial charge in [-0.15, -0.1) is 0 Å². The summed E-state index contributed by atoms with van der Waals surface area (Å²) in [7, 11) is 0. The van der Waals surface area contributed by atoms with Gasteiger partial charge < -0.3 is 4.74 Å². The van der Waals surface area contributed by atoms with Crippen LogP contribution in [0.15, 0.2) is 36.7 Å². The molecule has 0 radical (unpaired) electrons. The highest BCUT2D eigenvalue weighted by atomic mass is 16.5. The molecule has 0 atom stereocenters. The molecule has 15 heavy (non-hydrogen) atoms. The number of nitriles is 1. The van der Waals surface area contributed by atoms with Crippen LogP contribution in [-0.4, -0.2) is 11.6 Å². The lowest BCUT2D eigenvalue weighted by atomic mass is 10.1. The number of nitrogens with zero attached hydrogens (tertiary/aromatic N) is 2. The van der Waals surface area contributed by atoms with Crippen molar-refractivity contribution in [2.24, 2.45) is 0 Å². The molecule has 0 unspecified atom stereocenters. The molecule has 1 aromatic carbocycles. The molecule has 0 bridgehead atoms. The predicted molar refractivity (Wildman–Crippen MR) is 57.5 cm³/mol. The summed E-state index contributed by atoms with van der Waals surface area (Å²) in [5.74, 6) is 0.810. The fourth-order valence-electron chi connectivity index (χ4n) is 1.43. The standard InChI is InChI=1S/C12H10N2O/c13-6-2-8-15-12-4-1-3-10-9-14-7-5-11(10)12/h1,3-5,7,9H,2,8H2. The maximum absolute atomic E-state index is 8.42. The first kappa shape index (κ1) is 9.47. The Kier molecular flexibility index (Phi) is 2.80. The lowest BCUT2D eigenvalue weighted by molar-refractivity contribution is 0.330. The first-order valence-electron chi connectivity index (χ1n) is 4.74. The third-order valence-electron chi connectivity index (χ3n) is 2.11. The van der Waals surface area contributed by atoms with Crippen LogP contribution in [-0.2, 0) is 0 Å². The fourth-order valence-corrected chi connectivity index (χ4v) is 1.43. The zero-order valence-corrected chi connectivity index (χ0v) is 8.18. The van der Waals surface area contributed by atoms with Crippen LogP contribution in [0.3, 0.4) is 0 Å². The molecule has 1 aromatic heterocycles. The molecule has 0 saturated carbocycles. The van der Waals surface area contributed by atoms with Crippen molar-refractivity contribution >= 4 is 10.8 Å². The number of hydrogen-bond acceptors (Lipinski definition) is 3. The summed E-state index contributed by atoms with van der Waals surface area (Å²) in [5, 5.41) is 10.5. The zero-order chi connectivity index (χ0) is 10.5. The number of hydrogen-bond donors (Lipinski definition) is 0. The first-order valence-corrected chi connectivity index (χ1v) is 4.74. The van der Waals surface area contributed by atoms with Gasteiger partial charge in [-0.2, -0.15) is 5.26 Å². The summed E-state index contributed by atoms with van der Waals surface area (Å²) in [6, 6.07) is 9.77. The van der Waals surface area contributed by atoms with Gasteiger partial charge in [-0.05, 0) is 12.1 Å². The van der Waals surface area contributed by atoms with Crippen molar-refractivity contribution in [1.29, 1.82) is 5.26 Å². The molecule has 2 aromatic rings. The summed E-state index contributed by atoms with van der Waals surface area (Å²) in [6.45, 7) is 0.429. The Morgan fingerprint density at radius 3 is 3.13 bits per heavy atom. The molecule has 0 N–H and O–H groups in total. The number of ether oxygens (including phenoxy) is 1. The molecule has 3 nitrogen and oxygen atoms in total. The second-order valence-corrected chi connectivity index (χ2v) is 3.11. The van der Waals surface area contributed by atoms with Gasteiger partial charge in [-0.25, -0.2) is 0 Å². The maximum Gasteiger partial charge on any atom is 0.127 e. The van der Waals surface area contributed by atoms with Gasteiger partial charge in [0, 0.05) is 23.2 Å². The highest BCUT2D eigenvalue weighted by Gasteiger charge is 2.00. The summed E-state index contributed by atoms with van der Waals surface area (Å²) in [4.78, 5) is 4.04. The lowest BCUT2D eigenvalue weighted by Crippen LogP contribution is -1.96. The van der Waals surface area contributed by atoms with Crippen LogP contribution < -0.4 is 4.74 Å². The zero-order valence-electron chi connectivity index (χ0n) is 8.18. The number of fused-ring (bicyclic) bond motifs is 1. The average molecular weight is 198 g/mol. The second kappa shape index (κ2) is 4.43. The molecule has 0 amide bonds. The van der Waals surface area contributed by atoms with Gasteiger partial charge in [0.1, 0.15) is 12.4 Å². The minimum absolute atomic E-state index is 0.404. The van der Waals surface area contributed by atoms with Crippen LogP contribution in [0, 0.1) is 11.3 Å². The number of aromatic nitrogens is 1. The smallest absolute Gasteiger partial charge is 0.127 e. The summed E-state index contributed by atoms with van der Waals surface area (Å²) in [5.41, 5.74) is 0. The maximum atomic E-state index is 8.42. The number of pyridine rings is 1. The van der Waals surface area contributed by atoms with Crippen LogP contribution in [0.2, 0.25) is 0 Å². The third-order valence-corrected chi connectivity index (χ3v) is 2.11. The van der Waals surface area contributed by atoms with Crippen molar-refractivity contribution in [2.75, 3.05) is 6.61 Å². The third kappa shape index (κ3) is 2.05. The molecule has 0 fully saturated rings. The van der Waals surface area contributed by atoms with Crippen LogP contribution in [0.25, 0.3) is 10.8 Å². The molecule has 3 heteroatoms. The van der Waals surface area contributed by atoms with E-state index >= 15 is 0 Å². The summed E-state index contributed by atoms with van der Waals surface area (Å²) >= 11 is 0. The van der Waals surface area contributed by atoms with E-state index in [1.807, 2.05) is 30.3 Å². The van der Waals surface area contributed by atoms with Crippen LogP contribution in [0.5, 0.6) is 5.75 Å². The molecule has 0 aliphatic carbocycles. The lowest BCUT2D eigenvalue weighted by Gasteiger charge is -2.06. The Morgan fingerprint density at radius 2 is 2.27 bits per heavy atom.